The Morgan fingerprint density at radius 3 is 2.62 bits per heavy atom. The van der Waals surface area contributed by atoms with Gasteiger partial charge in [-0.15, -0.1) is 0 Å². The van der Waals surface area contributed by atoms with E-state index in [-0.39, 0.29) is 5.78 Å². The highest BCUT2D eigenvalue weighted by Gasteiger charge is 2.15. The van der Waals surface area contributed by atoms with Crippen LogP contribution in [0.2, 0.25) is 0 Å². The maximum absolute atomic E-state index is 11.9. The molecule has 0 amide bonds. The highest BCUT2D eigenvalue weighted by Crippen LogP contribution is 2.20. The van der Waals surface area contributed by atoms with Crippen molar-refractivity contribution in [2.24, 2.45) is 5.92 Å². The average Bonchev–Trinajstić information content (AvgIpc) is 2.70. The average molecular weight is 222 g/mol. The summed E-state index contributed by atoms with van der Waals surface area (Å²) in [7, 11) is 0. The van der Waals surface area contributed by atoms with Crippen LogP contribution in [-0.4, -0.2) is 5.78 Å². The minimum atomic E-state index is 0.149. The molecule has 0 aromatic carbocycles. The number of Topliss-reactive ketones (excluding diaryl/α,β-unsaturated/α-hetero) is 1. The fraction of sp³-hybridized carbons (Fsp3) is 0.643. The SMILES string of the molecule is CCCCC(CC)CC(=O)c1ccc(C)o1. The zero-order valence-corrected chi connectivity index (χ0v) is 10.6. The molecule has 0 spiro atoms. The molecular weight excluding hydrogens is 200 g/mol. The van der Waals surface area contributed by atoms with Gasteiger partial charge in [0.1, 0.15) is 5.76 Å². The van der Waals surface area contributed by atoms with E-state index >= 15 is 0 Å². The van der Waals surface area contributed by atoms with Gasteiger partial charge in [0.2, 0.25) is 0 Å². The highest BCUT2D eigenvalue weighted by molar-refractivity contribution is 5.93. The van der Waals surface area contributed by atoms with Crippen molar-refractivity contribution >= 4 is 5.78 Å². The Bertz CT molecular complexity index is 325. The van der Waals surface area contributed by atoms with E-state index in [1.54, 1.807) is 6.07 Å². The zero-order chi connectivity index (χ0) is 12.0. The Morgan fingerprint density at radius 2 is 2.12 bits per heavy atom. The predicted octanol–water partition coefficient (Wildman–Crippen LogP) is 4.38. The molecule has 0 aliphatic carbocycles. The van der Waals surface area contributed by atoms with Crippen LogP contribution in [-0.2, 0) is 0 Å². The van der Waals surface area contributed by atoms with Crippen molar-refractivity contribution in [2.45, 2.75) is 52.9 Å². The molecule has 0 bridgehead atoms. The predicted molar refractivity (Wildman–Crippen MR) is 65.7 cm³/mol. The summed E-state index contributed by atoms with van der Waals surface area (Å²) in [4.78, 5) is 11.9. The molecule has 1 unspecified atom stereocenters. The number of unbranched alkanes of at least 4 members (excludes halogenated alkanes) is 1. The lowest BCUT2D eigenvalue weighted by atomic mass is 9.93. The van der Waals surface area contributed by atoms with E-state index < -0.39 is 0 Å². The molecule has 0 saturated heterocycles. The van der Waals surface area contributed by atoms with Gasteiger partial charge in [0.25, 0.3) is 0 Å². The van der Waals surface area contributed by atoms with Gasteiger partial charge in [0, 0.05) is 6.42 Å². The third-order valence-corrected chi connectivity index (χ3v) is 3.03. The Kier molecular flexibility index (Phi) is 5.30. The normalized spacial score (nSPS) is 12.7. The first-order valence-electron chi connectivity index (χ1n) is 6.27. The lowest BCUT2D eigenvalue weighted by Gasteiger charge is -2.12. The van der Waals surface area contributed by atoms with E-state index in [1.165, 1.54) is 12.8 Å². The first-order chi connectivity index (χ1) is 7.67. The van der Waals surface area contributed by atoms with Crippen LogP contribution in [0, 0.1) is 12.8 Å². The van der Waals surface area contributed by atoms with E-state index in [1.807, 2.05) is 13.0 Å². The van der Waals surface area contributed by atoms with Crippen LogP contribution in [0.15, 0.2) is 16.5 Å². The van der Waals surface area contributed by atoms with Gasteiger partial charge in [-0.2, -0.15) is 0 Å². The van der Waals surface area contributed by atoms with Crippen molar-refractivity contribution in [1.82, 2.24) is 0 Å². The number of hydrogen-bond donors (Lipinski definition) is 0. The number of furan rings is 1. The molecular formula is C14H22O2. The van der Waals surface area contributed by atoms with Gasteiger partial charge < -0.3 is 4.42 Å². The number of rotatable bonds is 7. The third-order valence-electron chi connectivity index (χ3n) is 3.03. The Morgan fingerprint density at radius 1 is 1.38 bits per heavy atom. The van der Waals surface area contributed by atoms with Crippen LogP contribution in [0.4, 0.5) is 0 Å². The Hall–Kier alpha value is -1.05. The van der Waals surface area contributed by atoms with Crippen LogP contribution in [0.5, 0.6) is 0 Å². The van der Waals surface area contributed by atoms with E-state index in [4.69, 9.17) is 4.42 Å². The molecule has 0 N–H and O–H groups in total. The third kappa shape index (κ3) is 3.84. The highest BCUT2D eigenvalue weighted by atomic mass is 16.3. The van der Waals surface area contributed by atoms with Crippen LogP contribution in [0.3, 0.4) is 0 Å². The molecule has 2 heteroatoms. The lowest BCUT2D eigenvalue weighted by Crippen LogP contribution is -2.07. The van der Waals surface area contributed by atoms with Crippen LogP contribution in [0.25, 0.3) is 0 Å². The molecule has 1 rings (SSSR count). The Balaban J connectivity index is 2.48. The van der Waals surface area contributed by atoms with Gasteiger partial charge in [-0.25, -0.2) is 0 Å². The maximum atomic E-state index is 11.9. The molecule has 1 heterocycles. The van der Waals surface area contributed by atoms with Crippen molar-refractivity contribution < 1.29 is 9.21 Å². The summed E-state index contributed by atoms with van der Waals surface area (Å²) in [5.74, 6) is 1.99. The molecule has 0 saturated carbocycles. The van der Waals surface area contributed by atoms with Gasteiger partial charge in [-0.1, -0.05) is 39.5 Å². The number of aryl methyl sites for hydroxylation is 1. The molecule has 0 aliphatic heterocycles. The van der Waals surface area contributed by atoms with Crippen molar-refractivity contribution in [3.63, 3.8) is 0 Å². The smallest absolute Gasteiger partial charge is 0.198 e. The van der Waals surface area contributed by atoms with Gasteiger partial charge in [-0.3, -0.25) is 4.79 Å². The van der Waals surface area contributed by atoms with Gasteiger partial charge in [0.05, 0.1) is 0 Å². The fourth-order valence-corrected chi connectivity index (χ4v) is 1.89. The monoisotopic (exact) mass is 222 g/mol. The summed E-state index contributed by atoms with van der Waals surface area (Å²) >= 11 is 0. The molecule has 90 valence electrons. The standard InChI is InChI=1S/C14H22O2/c1-4-6-7-12(5-2)10-13(15)14-9-8-11(3)16-14/h8-9,12H,4-7,10H2,1-3H3. The van der Waals surface area contributed by atoms with Crippen molar-refractivity contribution in [3.05, 3.63) is 23.7 Å². The lowest BCUT2D eigenvalue weighted by molar-refractivity contribution is 0.0928. The number of carbonyl (C=O) groups is 1. The first kappa shape index (κ1) is 13.0. The minimum Gasteiger partial charge on any atom is -0.458 e. The second kappa shape index (κ2) is 6.51. The maximum Gasteiger partial charge on any atom is 0.198 e. The minimum absolute atomic E-state index is 0.149. The molecule has 1 aromatic heterocycles. The van der Waals surface area contributed by atoms with Crippen LogP contribution in [0.1, 0.15) is 62.3 Å². The summed E-state index contributed by atoms with van der Waals surface area (Å²) in [5, 5.41) is 0. The van der Waals surface area contributed by atoms with Gasteiger partial charge >= 0.3 is 0 Å². The van der Waals surface area contributed by atoms with E-state index in [2.05, 4.69) is 13.8 Å². The van der Waals surface area contributed by atoms with E-state index in [0.717, 1.165) is 18.6 Å². The van der Waals surface area contributed by atoms with Crippen molar-refractivity contribution in [2.75, 3.05) is 0 Å². The summed E-state index contributed by atoms with van der Waals surface area (Å²) < 4.78 is 5.35. The summed E-state index contributed by atoms with van der Waals surface area (Å²) in [5.41, 5.74) is 0. The molecule has 2 nitrogen and oxygen atoms in total. The second-order valence-electron chi connectivity index (χ2n) is 4.45. The number of ketones is 1. The summed E-state index contributed by atoms with van der Waals surface area (Å²) in [6.45, 7) is 6.20. The van der Waals surface area contributed by atoms with Crippen LogP contribution < -0.4 is 0 Å². The Labute approximate surface area is 98.0 Å². The molecule has 0 aliphatic rings. The molecule has 1 aromatic rings. The number of carbonyl (C=O) groups excluding carboxylic acids is 1. The van der Waals surface area contributed by atoms with Crippen LogP contribution >= 0.6 is 0 Å². The molecule has 0 fully saturated rings. The fourth-order valence-electron chi connectivity index (χ4n) is 1.89. The van der Waals surface area contributed by atoms with Gasteiger partial charge in [-0.05, 0) is 25.0 Å². The van der Waals surface area contributed by atoms with E-state index in [0.29, 0.717) is 18.1 Å². The van der Waals surface area contributed by atoms with Gasteiger partial charge in [0.15, 0.2) is 11.5 Å². The molecule has 0 radical (unpaired) electrons. The first-order valence-corrected chi connectivity index (χ1v) is 6.27. The van der Waals surface area contributed by atoms with Crippen molar-refractivity contribution in [3.8, 4) is 0 Å². The summed E-state index contributed by atoms with van der Waals surface area (Å²) in [6, 6.07) is 3.63. The largest absolute Gasteiger partial charge is 0.458 e. The second-order valence-corrected chi connectivity index (χ2v) is 4.45. The van der Waals surface area contributed by atoms with Crippen molar-refractivity contribution in [1.29, 1.82) is 0 Å². The molecule has 1 atom stereocenters. The number of hydrogen-bond acceptors (Lipinski definition) is 2. The molecule has 16 heavy (non-hydrogen) atoms. The quantitative estimate of drug-likeness (QED) is 0.641. The topological polar surface area (TPSA) is 30.2 Å². The zero-order valence-electron chi connectivity index (χ0n) is 10.6. The summed E-state index contributed by atoms with van der Waals surface area (Å²) in [6.07, 6.45) is 5.26. The van der Waals surface area contributed by atoms with E-state index in [9.17, 15) is 4.79 Å².